The second-order valence-corrected chi connectivity index (χ2v) is 4.93. The zero-order chi connectivity index (χ0) is 12.1. The molecule has 16 heavy (non-hydrogen) atoms. The van der Waals surface area contributed by atoms with E-state index in [1.165, 1.54) is 0 Å². The van der Waals surface area contributed by atoms with Crippen LogP contribution in [0.5, 0.6) is 0 Å². The Labute approximate surface area is 99.0 Å². The van der Waals surface area contributed by atoms with Gasteiger partial charge in [0.25, 0.3) is 0 Å². The van der Waals surface area contributed by atoms with Crippen molar-refractivity contribution in [2.75, 3.05) is 27.2 Å². The van der Waals surface area contributed by atoms with Gasteiger partial charge in [-0.25, -0.2) is 0 Å². The predicted molar refractivity (Wildman–Crippen MR) is 66.2 cm³/mol. The Morgan fingerprint density at radius 3 is 2.81 bits per heavy atom. The van der Waals surface area contributed by atoms with Crippen LogP contribution in [0, 0.1) is 0 Å². The lowest BCUT2D eigenvalue weighted by molar-refractivity contribution is -0.130. The molecule has 1 fully saturated rings. The van der Waals surface area contributed by atoms with Gasteiger partial charge in [-0.05, 0) is 40.4 Å². The summed E-state index contributed by atoms with van der Waals surface area (Å²) in [7, 11) is 4.14. The maximum absolute atomic E-state index is 11.8. The van der Waals surface area contributed by atoms with E-state index in [1.807, 2.05) is 4.90 Å². The molecule has 4 heteroatoms. The van der Waals surface area contributed by atoms with Crippen molar-refractivity contribution >= 4 is 5.91 Å². The molecule has 1 saturated heterocycles. The number of rotatable bonds is 6. The van der Waals surface area contributed by atoms with Gasteiger partial charge in [0.2, 0.25) is 5.91 Å². The zero-order valence-corrected chi connectivity index (χ0v) is 11.0. The highest BCUT2D eigenvalue weighted by Crippen LogP contribution is 2.16. The molecule has 1 aliphatic heterocycles. The van der Waals surface area contributed by atoms with Crippen molar-refractivity contribution in [1.29, 1.82) is 0 Å². The first-order chi connectivity index (χ1) is 7.56. The fourth-order valence-corrected chi connectivity index (χ4v) is 2.22. The molecule has 0 bridgehead atoms. The van der Waals surface area contributed by atoms with Crippen molar-refractivity contribution in [2.45, 2.75) is 45.3 Å². The first kappa shape index (κ1) is 13.5. The van der Waals surface area contributed by atoms with Crippen molar-refractivity contribution in [1.82, 2.24) is 15.1 Å². The summed E-state index contributed by atoms with van der Waals surface area (Å²) in [6, 6.07) is 0.335. The maximum Gasteiger partial charge on any atom is 0.238 e. The van der Waals surface area contributed by atoms with E-state index < -0.39 is 0 Å². The number of nitrogens with one attached hydrogen (secondary N) is 1. The Hall–Kier alpha value is -0.610. The Morgan fingerprint density at radius 2 is 2.25 bits per heavy atom. The topological polar surface area (TPSA) is 35.6 Å². The number of nitrogens with zero attached hydrogens (tertiary/aromatic N) is 2. The fraction of sp³-hybridized carbons (Fsp3) is 0.917. The molecule has 2 unspecified atom stereocenters. The first-order valence-corrected chi connectivity index (χ1v) is 6.25. The third-order valence-electron chi connectivity index (χ3n) is 3.14. The summed E-state index contributed by atoms with van der Waals surface area (Å²) in [5, 5.41) is 3.29. The average molecular weight is 227 g/mol. The van der Waals surface area contributed by atoms with Crippen LogP contribution < -0.4 is 5.32 Å². The van der Waals surface area contributed by atoms with Gasteiger partial charge in [-0.3, -0.25) is 10.1 Å². The smallest absolute Gasteiger partial charge is 0.238 e. The third kappa shape index (κ3) is 3.46. The molecule has 0 saturated carbocycles. The minimum atomic E-state index is 0.254. The largest absolute Gasteiger partial charge is 0.323 e. The van der Waals surface area contributed by atoms with Crippen LogP contribution in [0.1, 0.15) is 33.1 Å². The number of amides is 1. The van der Waals surface area contributed by atoms with Gasteiger partial charge >= 0.3 is 0 Å². The number of hydrogen-bond donors (Lipinski definition) is 1. The van der Waals surface area contributed by atoms with Crippen molar-refractivity contribution in [3.63, 3.8) is 0 Å². The van der Waals surface area contributed by atoms with Crippen LogP contribution in [0.25, 0.3) is 0 Å². The predicted octanol–water partition coefficient (Wildman–Crippen LogP) is 0.885. The Morgan fingerprint density at radius 1 is 1.56 bits per heavy atom. The lowest BCUT2D eigenvalue weighted by Crippen LogP contribution is -2.44. The SMILES string of the molecule is CCCC1NCC(=O)N1C(C)CCN(C)C. The van der Waals surface area contributed by atoms with E-state index in [0.717, 1.165) is 25.8 Å². The van der Waals surface area contributed by atoms with Crippen LogP contribution in [0.2, 0.25) is 0 Å². The minimum Gasteiger partial charge on any atom is -0.323 e. The van der Waals surface area contributed by atoms with Gasteiger partial charge in [0.15, 0.2) is 0 Å². The van der Waals surface area contributed by atoms with E-state index in [0.29, 0.717) is 12.6 Å². The second-order valence-electron chi connectivity index (χ2n) is 4.93. The molecule has 0 aromatic carbocycles. The molecular formula is C12H25N3O. The number of carbonyl (C=O) groups excluding carboxylic acids is 1. The summed E-state index contributed by atoms with van der Waals surface area (Å²) in [5.74, 6) is 0.254. The van der Waals surface area contributed by atoms with E-state index >= 15 is 0 Å². The summed E-state index contributed by atoms with van der Waals surface area (Å²) in [4.78, 5) is 16.0. The van der Waals surface area contributed by atoms with Crippen LogP contribution in [0.15, 0.2) is 0 Å². The Bertz CT molecular complexity index is 230. The van der Waals surface area contributed by atoms with E-state index in [2.05, 4.69) is 38.2 Å². The van der Waals surface area contributed by atoms with Gasteiger partial charge in [-0.1, -0.05) is 13.3 Å². The van der Waals surface area contributed by atoms with Crippen LogP contribution >= 0.6 is 0 Å². The standard InChI is InChI=1S/C12H25N3O/c1-5-6-11-13-9-12(16)15(11)10(2)7-8-14(3)4/h10-11,13H,5-9H2,1-4H3. The molecule has 1 amide bonds. The average Bonchev–Trinajstić information content (AvgIpc) is 2.57. The molecule has 1 N–H and O–H groups in total. The minimum absolute atomic E-state index is 0.254. The molecule has 4 nitrogen and oxygen atoms in total. The van der Waals surface area contributed by atoms with Gasteiger partial charge in [0.1, 0.15) is 0 Å². The molecule has 1 rings (SSSR count). The van der Waals surface area contributed by atoms with E-state index in [1.54, 1.807) is 0 Å². The van der Waals surface area contributed by atoms with E-state index in [4.69, 9.17) is 0 Å². The molecule has 0 aromatic heterocycles. The molecule has 0 radical (unpaired) electrons. The summed E-state index contributed by atoms with van der Waals surface area (Å²) < 4.78 is 0. The van der Waals surface area contributed by atoms with Crippen LogP contribution in [-0.2, 0) is 4.79 Å². The number of hydrogen-bond acceptors (Lipinski definition) is 3. The zero-order valence-electron chi connectivity index (χ0n) is 11.0. The second kappa shape index (κ2) is 6.21. The highest BCUT2D eigenvalue weighted by molar-refractivity contribution is 5.80. The lowest BCUT2D eigenvalue weighted by Gasteiger charge is -2.31. The summed E-state index contributed by atoms with van der Waals surface area (Å²) in [6.45, 7) is 5.85. The molecule has 0 aliphatic carbocycles. The van der Waals surface area contributed by atoms with Crippen molar-refractivity contribution in [2.24, 2.45) is 0 Å². The van der Waals surface area contributed by atoms with Crippen LogP contribution in [0.3, 0.4) is 0 Å². The Balaban J connectivity index is 2.50. The quantitative estimate of drug-likeness (QED) is 0.732. The van der Waals surface area contributed by atoms with Crippen molar-refractivity contribution in [3.8, 4) is 0 Å². The molecule has 2 atom stereocenters. The molecule has 0 spiro atoms. The molecular weight excluding hydrogens is 202 g/mol. The molecule has 1 aliphatic rings. The van der Waals surface area contributed by atoms with Gasteiger partial charge in [0.05, 0.1) is 12.7 Å². The van der Waals surface area contributed by atoms with Crippen LogP contribution in [0.4, 0.5) is 0 Å². The van der Waals surface area contributed by atoms with Gasteiger partial charge in [0, 0.05) is 6.04 Å². The normalized spacial score (nSPS) is 23.2. The van der Waals surface area contributed by atoms with Gasteiger partial charge in [-0.15, -0.1) is 0 Å². The highest BCUT2D eigenvalue weighted by atomic mass is 16.2. The summed E-state index contributed by atoms with van der Waals surface area (Å²) >= 11 is 0. The van der Waals surface area contributed by atoms with E-state index in [9.17, 15) is 4.79 Å². The molecule has 1 heterocycles. The van der Waals surface area contributed by atoms with E-state index in [-0.39, 0.29) is 12.1 Å². The summed E-state index contributed by atoms with van der Waals surface area (Å²) in [5.41, 5.74) is 0. The third-order valence-corrected chi connectivity index (χ3v) is 3.14. The maximum atomic E-state index is 11.8. The molecule has 0 aromatic rings. The Kier molecular flexibility index (Phi) is 5.22. The lowest BCUT2D eigenvalue weighted by atomic mass is 10.1. The fourth-order valence-electron chi connectivity index (χ4n) is 2.22. The van der Waals surface area contributed by atoms with Gasteiger partial charge < -0.3 is 9.80 Å². The summed E-state index contributed by atoms with van der Waals surface area (Å²) in [6.07, 6.45) is 3.47. The first-order valence-electron chi connectivity index (χ1n) is 6.25. The monoisotopic (exact) mass is 227 g/mol. The van der Waals surface area contributed by atoms with Gasteiger partial charge in [-0.2, -0.15) is 0 Å². The van der Waals surface area contributed by atoms with Crippen molar-refractivity contribution < 1.29 is 4.79 Å². The van der Waals surface area contributed by atoms with Crippen LogP contribution in [-0.4, -0.2) is 55.1 Å². The highest BCUT2D eigenvalue weighted by Gasteiger charge is 2.32. The van der Waals surface area contributed by atoms with Crippen molar-refractivity contribution in [3.05, 3.63) is 0 Å². The number of carbonyl (C=O) groups is 1. The molecule has 94 valence electrons.